The number of hydrogen-bond acceptors (Lipinski definition) is 4. The van der Waals surface area contributed by atoms with E-state index in [1.807, 2.05) is 13.0 Å². The van der Waals surface area contributed by atoms with Crippen molar-refractivity contribution < 1.29 is 10.0 Å². The van der Waals surface area contributed by atoms with Crippen molar-refractivity contribution in [2.45, 2.75) is 13.3 Å². The average Bonchev–Trinajstić information content (AvgIpc) is 2.65. The molecule has 7 heteroatoms. The van der Waals surface area contributed by atoms with Crippen LogP contribution in [-0.2, 0) is 0 Å². The highest BCUT2D eigenvalue weighted by atomic mass is 79.9. The van der Waals surface area contributed by atoms with Crippen LogP contribution in [0.1, 0.15) is 21.7 Å². The SMILES string of the molecule is Cc1cc(C(=O)N(C)CCC(N)=NO)sc1Br. The molecular formula is C10H14BrN3O2S. The summed E-state index contributed by atoms with van der Waals surface area (Å²) in [5.41, 5.74) is 6.39. The highest BCUT2D eigenvalue weighted by Crippen LogP contribution is 2.27. The van der Waals surface area contributed by atoms with Gasteiger partial charge in [-0.15, -0.1) is 11.3 Å². The lowest BCUT2D eigenvalue weighted by molar-refractivity contribution is 0.0803. The van der Waals surface area contributed by atoms with Gasteiger partial charge in [0.2, 0.25) is 0 Å². The van der Waals surface area contributed by atoms with Crippen LogP contribution in [0.15, 0.2) is 15.0 Å². The monoisotopic (exact) mass is 319 g/mol. The van der Waals surface area contributed by atoms with Crippen molar-refractivity contribution in [2.24, 2.45) is 10.9 Å². The predicted molar refractivity (Wildman–Crippen MR) is 71.7 cm³/mol. The largest absolute Gasteiger partial charge is 0.409 e. The number of nitrogens with two attached hydrogens (primary N) is 1. The van der Waals surface area contributed by atoms with E-state index in [9.17, 15) is 4.79 Å². The minimum atomic E-state index is -0.0606. The Hall–Kier alpha value is -1.08. The van der Waals surface area contributed by atoms with Gasteiger partial charge in [0.05, 0.1) is 8.66 Å². The van der Waals surface area contributed by atoms with Crippen molar-refractivity contribution >= 4 is 39.0 Å². The molecule has 0 saturated heterocycles. The summed E-state index contributed by atoms with van der Waals surface area (Å²) in [6, 6.07) is 1.84. The van der Waals surface area contributed by atoms with Gasteiger partial charge in [-0.2, -0.15) is 0 Å². The molecular weight excluding hydrogens is 306 g/mol. The number of halogens is 1. The molecule has 1 aromatic heterocycles. The van der Waals surface area contributed by atoms with E-state index >= 15 is 0 Å². The van der Waals surface area contributed by atoms with Crippen LogP contribution in [0.3, 0.4) is 0 Å². The summed E-state index contributed by atoms with van der Waals surface area (Å²) in [7, 11) is 1.69. The van der Waals surface area contributed by atoms with Crippen LogP contribution in [0.2, 0.25) is 0 Å². The van der Waals surface area contributed by atoms with E-state index in [2.05, 4.69) is 21.1 Å². The van der Waals surface area contributed by atoms with Gasteiger partial charge >= 0.3 is 0 Å². The summed E-state index contributed by atoms with van der Waals surface area (Å²) in [5.74, 6) is 0.0581. The number of amidine groups is 1. The second kappa shape index (κ2) is 6.02. The van der Waals surface area contributed by atoms with Gasteiger partial charge in [-0.3, -0.25) is 4.79 Å². The number of rotatable bonds is 4. The zero-order chi connectivity index (χ0) is 13.0. The van der Waals surface area contributed by atoms with Gasteiger partial charge in [0.1, 0.15) is 5.84 Å². The normalized spacial score (nSPS) is 11.6. The second-order valence-corrected chi connectivity index (χ2v) is 6.01. The summed E-state index contributed by atoms with van der Waals surface area (Å²) in [6.07, 6.45) is 0.351. The van der Waals surface area contributed by atoms with Crippen LogP contribution in [0.25, 0.3) is 0 Å². The molecule has 0 radical (unpaired) electrons. The summed E-state index contributed by atoms with van der Waals surface area (Å²) in [4.78, 5) is 14.2. The van der Waals surface area contributed by atoms with Crippen LogP contribution >= 0.6 is 27.3 Å². The Labute approximate surface area is 112 Å². The Morgan fingerprint density at radius 2 is 2.35 bits per heavy atom. The summed E-state index contributed by atoms with van der Waals surface area (Å²) >= 11 is 4.79. The molecule has 1 heterocycles. The van der Waals surface area contributed by atoms with E-state index in [0.717, 1.165) is 9.35 Å². The molecule has 5 nitrogen and oxygen atoms in total. The fourth-order valence-corrected chi connectivity index (χ4v) is 2.72. The molecule has 0 spiro atoms. The molecule has 0 bridgehead atoms. The zero-order valence-corrected chi connectivity index (χ0v) is 12.0. The standard InChI is InChI=1S/C10H14BrN3O2S/c1-6-5-7(17-9(6)11)10(15)14(2)4-3-8(12)13-16/h5,16H,3-4H2,1-2H3,(H2,12,13). The first-order chi connectivity index (χ1) is 7.95. The van der Waals surface area contributed by atoms with E-state index < -0.39 is 0 Å². The predicted octanol–water partition coefficient (Wildman–Crippen LogP) is 2.03. The van der Waals surface area contributed by atoms with Crippen molar-refractivity contribution in [3.63, 3.8) is 0 Å². The van der Waals surface area contributed by atoms with E-state index in [1.54, 1.807) is 11.9 Å². The topological polar surface area (TPSA) is 78.9 Å². The maximum absolute atomic E-state index is 12.0. The van der Waals surface area contributed by atoms with Gasteiger partial charge in [0.15, 0.2) is 0 Å². The first kappa shape index (κ1) is 14.0. The van der Waals surface area contributed by atoms with Crippen molar-refractivity contribution in [1.29, 1.82) is 0 Å². The number of hydrogen-bond donors (Lipinski definition) is 2. The van der Waals surface area contributed by atoms with Crippen molar-refractivity contribution in [2.75, 3.05) is 13.6 Å². The lowest BCUT2D eigenvalue weighted by Crippen LogP contribution is -2.30. The van der Waals surface area contributed by atoms with Crippen LogP contribution < -0.4 is 5.73 Å². The van der Waals surface area contributed by atoms with Crippen LogP contribution in [-0.4, -0.2) is 35.4 Å². The first-order valence-corrected chi connectivity index (χ1v) is 6.54. The number of oxime groups is 1. The number of thiophene rings is 1. The number of carbonyl (C=O) groups excluding carboxylic acids is 1. The molecule has 0 aromatic carbocycles. The van der Waals surface area contributed by atoms with E-state index in [1.165, 1.54) is 11.3 Å². The molecule has 0 aliphatic rings. The fourth-order valence-electron chi connectivity index (χ4n) is 1.19. The highest BCUT2D eigenvalue weighted by molar-refractivity contribution is 9.11. The van der Waals surface area contributed by atoms with Gasteiger partial charge in [-0.25, -0.2) is 0 Å². The average molecular weight is 320 g/mol. The quantitative estimate of drug-likeness (QED) is 0.386. The Balaban J connectivity index is 2.64. The molecule has 0 atom stereocenters. The smallest absolute Gasteiger partial charge is 0.263 e. The third-order valence-corrected chi connectivity index (χ3v) is 4.37. The Kier molecular flexibility index (Phi) is 4.95. The molecule has 17 heavy (non-hydrogen) atoms. The summed E-state index contributed by atoms with van der Waals surface area (Å²) < 4.78 is 0.964. The number of nitrogens with zero attached hydrogens (tertiary/aromatic N) is 2. The van der Waals surface area contributed by atoms with E-state index in [0.29, 0.717) is 17.8 Å². The maximum atomic E-state index is 12.0. The molecule has 1 rings (SSSR count). The zero-order valence-electron chi connectivity index (χ0n) is 9.61. The van der Waals surface area contributed by atoms with Gasteiger partial charge in [0.25, 0.3) is 5.91 Å². The van der Waals surface area contributed by atoms with Crippen molar-refractivity contribution in [1.82, 2.24) is 4.90 Å². The first-order valence-electron chi connectivity index (χ1n) is 4.93. The minimum Gasteiger partial charge on any atom is -0.409 e. The molecule has 0 saturated carbocycles. The molecule has 0 unspecified atom stereocenters. The maximum Gasteiger partial charge on any atom is 0.263 e. The second-order valence-electron chi connectivity index (χ2n) is 3.64. The molecule has 0 aliphatic carbocycles. The van der Waals surface area contributed by atoms with E-state index in [-0.39, 0.29) is 11.7 Å². The van der Waals surface area contributed by atoms with Gasteiger partial charge in [-0.1, -0.05) is 5.16 Å². The lowest BCUT2D eigenvalue weighted by Gasteiger charge is -2.15. The number of carbonyl (C=O) groups is 1. The molecule has 3 N–H and O–H groups in total. The van der Waals surface area contributed by atoms with Crippen LogP contribution in [0.4, 0.5) is 0 Å². The molecule has 0 fully saturated rings. The molecule has 1 aromatic rings. The molecule has 1 amide bonds. The van der Waals surface area contributed by atoms with Gasteiger partial charge < -0.3 is 15.8 Å². The Bertz CT molecular complexity index is 425. The third-order valence-electron chi connectivity index (χ3n) is 2.25. The van der Waals surface area contributed by atoms with Crippen LogP contribution in [0, 0.1) is 6.92 Å². The van der Waals surface area contributed by atoms with Crippen molar-refractivity contribution in [3.05, 3.63) is 20.3 Å². The summed E-state index contributed by atoms with van der Waals surface area (Å²) in [6.45, 7) is 2.36. The molecule has 94 valence electrons. The highest BCUT2D eigenvalue weighted by Gasteiger charge is 2.15. The van der Waals surface area contributed by atoms with Crippen molar-refractivity contribution in [3.8, 4) is 0 Å². The summed E-state index contributed by atoms with van der Waals surface area (Å²) in [5, 5.41) is 11.3. The Morgan fingerprint density at radius 1 is 1.71 bits per heavy atom. The van der Waals surface area contributed by atoms with Gasteiger partial charge in [0, 0.05) is 20.0 Å². The fraction of sp³-hybridized carbons (Fsp3) is 0.400. The third kappa shape index (κ3) is 3.71. The van der Waals surface area contributed by atoms with E-state index in [4.69, 9.17) is 10.9 Å². The Morgan fingerprint density at radius 3 is 2.82 bits per heavy atom. The van der Waals surface area contributed by atoms with Gasteiger partial charge in [-0.05, 0) is 34.5 Å². The van der Waals surface area contributed by atoms with Crippen LogP contribution in [0.5, 0.6) is 0 Å². The number of aryl methyl sites for hydroxylation is 1. The molecule has 0 aliphatic heterocycles. The number of amides is 1. The lowest BCUT2D eigenvalue weighted by atomic mass is 10.3. The minimum absolute atomic E-state index is 0.0606.